The van der Waals surface area contributed by atoms with Gasteiger partial charge in [0.25, 0.3) is 0 Å². The van der Waals surface area contributed by atoms with Crippen LogP contribution in [0, 0.1) is 5.92 Å². The lowest BCUT2D eigenvalue weighted by Crippen LogP contribution is -2.45. The second-order valence-corrected chi connectivity index (χ2v) is 6.65. The van der Waals surface area contributed by atoms with Gasteiger partial charge in [-0.25, -0.2) is 0 Å². The zero-order valence-corrected chi connectivity index (χ0v) is 16.0. The van der Waals surface area contributed by atoms with E-state index in [2.05, 4.69) is 42.3 Å². The fraction of sp³-hybridized carbons (Fsp3) is 0.474. The fourth-order valence-corrected chi connectivity index (χ4v) is 3.51. The molecule has 2 N–H and O–H groups in total. The van der Waals surface area contributed by atoms with E-state index in [1.165, 1.54) is 10.9 Å². The number of piperazine rings is 1. The van der Waals surface area contributed by atoms with Gasteiger partial charge in [0.15, 0.2) is 0 Å². The van der Waals surface area contributed by atoms with E-state index in [-0.39, 0.29) is 24.8 Å². The van der Waals surface area contributed by atoms with E-state index in [1.807, 2.05) is 18.2 Å². The molecule has 3 rings (SSSR count). The lowest BCUT2D eigenvalue weighted by atomic mass is 9.91. The van der Waals surface area contributed by atoms with E-state index < -0.39 is 0 Å². The van der Waals surface area contributed by atoms with Crippen molar-refractivity contribution >= 4 is 35.6 Å². The van der Waals surface area contributed by atoms with Crippen LogP contribution in [0.15, 0.2) is 36.4 Å². The average Bonchev–Trinajstić information content (AvgIpc) is 2.54. The molecule has 0 amide bonds. The molecule has 0 unspecified atom stereocenters. The highest BCUT2D eigenvalue weighted by Crippen LogP contribution is 2.36. The van der Waals surface area contributed by atoms with Gasteiger partial charge >= 0.3 is 0 Å². The number of hydrogen-bond acceptors (Lipinski definition) is 3. The summed E-state index contributed by atoms with van der Waals surface area (Å²) >= 11 is 0. The maximum absolute atomic E-state index is 10.1. The van der Waals surface area contributed by atoms with Crippen LogP contribution < -0.4 is 5.32 Å². The molecule has 1 aliphatic rings. The first-order valence-corrected chi connectivity index (χ1v) is 8.32. The van der Waals surface area contributed by atoms with Gasteiger partial charge in [0.05, 0.1) is 0 Å². The van der Waals surface area contributed by atoms with Crippen molar-refractivity contribution in [2.45, 2.75) is 26.3 Å². The number of benzene rings is 2. The van der Waals surface area contributed by atoms with Crippen LogP contribution in [0.3, 0.4) is 0 Å². The lowest BCUT2D eigenvalue weighted by molar-refractivity contribution is 0.155. The Morgan fingerprint density at radius 1 is 1.00 bits per heavy atom. The highest BCUT2D eigenvalue weighted by Gasteiger charge is 2.24. The van der Waals surface area contributed by atoms with Gasteiger partial charge in [-0.05, 0) is 29.4 Å². The molecule has 2 aromatic rings. The molecule has 0 aliphatic carbocycles. The predicted molar refractivity (Wildman–Crippen MR) is 107 cm³/mol. The molecule has 1 saturated heterocycles. The molecule has 0 spiro atoms. The minimum absolute atomic E-state index is 0. The zero-order valence-electron chi connectivity index (χ0n) is 14.4. The summed E-state index contributed by atoms with van der Waals surface area (Å²) in [6.45, 7) is 8.88. The lowest BCUT2D eigenvalue weighted by Gasteiger charge is -2.36. The summed E-state index contributed by atoms with van der Waals surface area (Å²) in [4.78, 5) is 2.59. The summed E-state index contributed by atoms with van der Waals surface area (Å²) in [6, 6.07) is 12.6. The maximum atomic E-state index is 10.1. The van der Waals surface area contributed by atoms with Crippen LogP contribution in [0.5, 0.6) is 5.75 Å². The number of fused-ring (bicyclic) bond motifs is 1. The first-order valence-electron chi connectivity index (χ1n) is 8.32. The van der Waals surface area contributed by atoms with Gasteiger partial charge in [0.2, 0.25) is 0 Å². The number of aromatic hydroxyl groups is 1. The first kappa shape index (κ1) is 21.0. The second kappa shape index (κ2) is 9.47. The molecule has 134 valence electrons. The molecule has 0 aromatic heterocycles. The Balaban J connectivity index is 0.00000144. The summed E-state index contributed by atoms with van der Waals surface area (Å²) in [6.07, 6.45) is 1.15. The highest BCUT2D eigenvalue weighted by molar-refractivity contribution is 5.91. The second-order valence-electron chi connectivity index (χ2n) is 6.65. The molecule has 1 atom stereocenters. The summed E-state index contributed by atoms with van der Waals surface area (Å²) in [5.74, 6) is 1.02. The van der Waals surface area contributed by atoms with Crippen molar-refractivity contribution in [1.82, 2.24) is 10.2 Å². The van der Waals surface area contributed by atoms with Crippen LogP contribution in [0.4, 0.5) is 0 Å². The van der Waals surface area contributed by atoms with E-state index in [0.717, 1.165) is 38.0 Å². The number of phenolic OH excluding ortho intramolecular Hbond substituents is 1. The Hall–Kier alpha value is -1.000. The van der Waals surface area contributed by atoms with Crippen LogP contribution in [-0.4, -0.2) is 36.2 Å². The Morgan fingerprint density at radius 3 is 2.25 bits per heavy atom. The Kier molecular flexibility index (Phi) is 8.31. The Morgan fingerprint density at radius 2 is 1.62 bits per heavy atom. The fourth-order valence-electron chi connectivity index (χ4n) is 3.51. The van der Waals surface area contributed by atoms with Crippen molar-refractivity contribution in [3.05, 3.63) is 42.0 Å². The van der Waals surface area contributed by atoms with Crippen LogP contribution in [0.25, 0.3) is 10.8 Å². The van der Waals surface area contributed by atoms with Crippen molar-refractivity contribution < 1.29 is 5.11 Å². The van der Waals surface area contributed by atoms with Gasteiger partial charge < -0.3 is 10.4 Å². The molecule has 5 heteroatoms. The van der Waals surface area contributed by atoms with Gasteiger partial charge in [-0.3, -0.25) is 4.90 Å². The third-order valence-corrected chi connectivity index (χ3v) is 4.58. The molecule has 3 nitrogen and oxygen atoms in total. The summed E-state index contributed by atoms with van der Waals surface area (Å²) < 4.78 is 0. The van der Waals surface area contributed by atoms with Crippen molar-refractivity contribution in [2.24, 2.45) is 5.92 Å². The van der Waals surface area contributed by atoms with Crippen LogP contribution in [0.2, 0.25) is 0 Å². The SMILES string of the molecule is CC(C)C[C@@H](c1ccc(O)c2ccccc12)N1CCNCC1.Cl.Cl. The standard InChI is InChI=1S/C19H26N2O.2ClH/c1-14(2)13-18(21-11-9-20-10-12-21)16-7-8-19(22)17-6-4-3-5-15(16)17;;/h3-8,14,18,20,22H,9-13H2,1-2H3;2*1H/t18-;;/m0../s1. The first-order chi connectivity index (χ1) is 10.7. The minimum Gasteiger partial charge on any atom is -0.507 e. The number of nitrogens with zero attached hydrogens (tertiary/aromatic N) is 1. The largest absolute Gasteiger partial charge is 0.507 e. The van der Waals surface area contributed by atoms with E-state index in [4.69, 9.17) is 0 Å². The van der Waals surface area contributed by atoms with Gasteiger partial charge in [-0.2, -0.15) is 0 Å². The van der Waals surface area contributed by atoms with E-state index in [9.17, 15) is 5.11 Å². The molecule has 0 bridgehead atoms. The topological polar surface area (TPSA) is 35.5 Å². The van der Waals surface area contributed by atoms with Crippen LogP contribution in [-0.2, 0) is 0 Å². The molecule has 1 fully saturated rings. The van der Waals surface area contributed by atoms with E-state index in [1.54, 1.807) is 0 Å². The molecule has 1 heterocycles. The van der Waals surface area contributed by atoms with Gasteiger partial charge in [0.1, 0.15) is 5.75 Å². The Bertz CT molecular complexity index is 642. The van der Waals surface area contributed by atoms with Gasteiger partial charge in [0, 0.05) is 37.6 Å². The van der Waals surface area contributed by atoms with Crippen molar-refractivity contribution in [3.8, 4) is 5.75 Å². The molecule has 0 saturated carbocycles. The molecule has 24 heavy (non-hydrogen) atoms. The van der Waals surface area contributed by atoms with E-state index in [0.29, 0.717) is 17.7 Å². The van der Waals surface area contributed by atoms with Gasteiger partial charge in [-0.1, -0.05) is 44.2 Å². The average molecular weight is 371 g/mol. The number of hydrogen-bond donors (Lipinski definition) is 2. The minimum atomic E-state index is 0. The third kappa shape index (κ3) is 4.54. The quantitative estimate of drug-likeness (QED) is 0.837. The van der Waals surface area contributed by atoms with E-state index >= 15 is 0 Å². The predicted octanol–water partition coefficient (Wildman–Crippen LogP) is 4.38. The number of nitrogens with one attached hydrogen (secondary N) is 1. The third-order valence-electron chi connectivity index (χ3n) is 4.58. The molecule has 0 radical (unpaired) electrons. The van der Waals surface area contributed by atoms with Crippen molar-refractivity contribution in [1.29, 1.82) is 0 Å². The molecular formula is C19H28Cl2N2O. The van der Waals surface area contributed by atoms with Crippen molar-refractivity contribution in [3.63, 3.8) is 0 Å². The van der Waals surface area contributed by atoms with Gasteiger partial charge in [-0.15, -0.1) is 24.8 Å². The summed E-state index contributed by atoms with van der Waals surface area (Å²) in [5, 5.41) is 15.7. The van der Waals surface area contributed by atoms with Crippen LogP contribution in [0.1, 0.15) is 31.9 Å². The number of halogens is 2. The Labute approximate surface area is 157 Å². The summed E-state index contributed by atoms with van der Waals surface area (Å²) in [5.41, 5.74) is 1.35. The number of phenols is 1. The highest BCUT2D eigenvalue weighted by atomic mass is 35.5. The zero-order chi connectivity index (χ0) is 15.5. The normalized spacial score (nSPS) is 16.5. The van der Waals surface area contributed by atoms with Crippen molar-refractivity contribution in [2.75, 3.05) is 26.2 Å². The monoisotopic (exact) mass is 370 g/mol. The molecule has 2 aromatic carbocycles. The smallest absolute Gasteiger partial charge is 0.123 e. The summed E-state index contributed by atoms with van der Waals surface area (Å²) in [7, 11) is 0. The number of rotatable bonds is 4. The molecule has 1 aliphatic heterocycles. The maximum Gasteiger partial charge on any atom is 0.123 e. The molecular weight excluding hydrogens is 343 g/mol. The van der Waals surface area contributed by atoms with Crippen LogP contribution >= 0.6 is 24.8 Å².